The van der Waals surface area contributed by atoms with Crippen molar-refractivity contribution in [3.05, 3.63) is 53.1 Å². The number of halogens is 1. The zero-order chi connectivity index (χ0) is 21.0. The minimum atomic E-state index is -0.522. The van der Waals surface area contributed by atoms with Gasteiger partial charge in [0.1, 0.15) is 0 Å². The zero-order valence-electron chi connectivity index (χ0n) is 16.9. The lowest BCUT2D eigenvalue weighted by Crippen LogP contribution is -2.36. The SMILES string of the molecule is CC(C)(C)C(=O)Nc1cccc(C(=O)Nc2cc(Cl)ccc2N2CCOCC2)c1. The van der Waals surface area contributed by atoms with E-state index in [9.17, 15) is 9.59 Å². The first-order chi connectivity index (χ1) is 13.7. The van der Waals surface area contributed by atoms with Crippen LogP contribution in [0.15, 0.2) is 42.5 Å². The van der Waals surface area contributed by atoms with Crippen LogP contribution < -0.4 is 15.5 Å². The molecule has 6 nitrogen and oxygen atoms in total. The van der Waals surface area contributed by atoms with Crippen molar-refractivity contribution in [1.82, 2.24) is 0 Å². The number of nitrogens with one attached hydrogen (secondary N) is 2. The van der Waals surface area contributed by atoms with Crippen LogP contribution in [0.5, 0.6) is 0 Å². The highest BCUT2D eigenvalue weighted by Gasteiger charge is 2.22. The van der Waals surface area contributed by atoms with Crippen LogP contribution in [-0.2, 0) is 9.53 Å². The smallest absolute Gasteiger partial charge is 0.255 e. The second-order valence-electron chi connectivity index (χ2n) is 8.00. The van der Waals surface area contributed by atoms with E-state index < -0.39 is 5.41 Å². The van der Waals surface area contributed by atoms with E-state index in [1.807, 2.05) is 32.9 Å². The van der Waals surface area contributed by atoms with Crippen LogP contribution in [0.1, 0.15) is 31.1 Å². The summed E-state index contributed by atoms with van der Waals surface area (Å²) in [4.78, 5) is 27.3. The van der Waals surface area contributed by atoms with Crippen molar-refractivity contribution < 1.29 is 14.3 Å². The fraction of sp³-hybridized carbons (Fsp3) is 0.364. The second kappa shape index (κ2) is 8.84. The molecule has 2 amide bonds. The summed E-state index contributed by atoms with van der Waals surface area (Å²) in [5, 5.41) is 6.35. The fourth-order valence-corrected chi connectivity index (χ4v) is 3.11. The summed E-state index contributed by atoms with van der Waals surface area (Å²) in [6, 6.07) is 12.3. The molecular weight excluding hydrogens is 390 g/mol. The number of morpholine rings is 1. The van der Waals surface area contributed by atoms with Crippen molar-refractivity contribution in [1.29, 1.82) is 0 Å². The van der Waals surface area contributed by atoms with E-state index in [2.05, 4.69) is 15.5 Å². The predicted octanol–water partition coefficient (Wildman–Crippen LogP) is 4.41. The van der Waals surface area contributed by atoms with Crippen LogP contribution in [0.2, 0.25) is 5.02 Å². The van der Waals surface area contributed by atoms with Gasteiger partial charge < -0.3 is 20.3 Å². The van der Waals surface area contributed by atoms with E-state index in [0.29, 0.717) is 35.2 Å². The molecule has 29 heavy (non-hydrogen) atoms. The topological polar surface area (TPSA) is 70.7 Å². The number of carbonyl (C=O) groups excluding carboxylic acids is 2. The van der Waals surface area contributed by atoms with Gasteiger partial charge in [-0.15, -0.1) is 0 Å². The van der Waals surface area contributed by atoms with Gasteiger partial charge in [-0.05, 0) is 36.4 Å². The molecule has 2 aromatic rings. The molecular formula is C22H26ClN3O3. The number of amides is 2. The van der Waals surface area contributed by atoms with Crippen molar-refractivity contribution in [2.24, 2.45) is 5.41 Å². The zero-order valence-corrected chi connectivity index (χ0v) is 17.7. The van der Waals surface area contributed by atoms with Gasteiger partial charge in [0.2, 0.25) is 5.91 Å². The van der Waals surface area contributed by atoms with Gasteiger partial charge in [0.15, 0.2) is 0 Å². The Hall–Kier alpha value is -2.57. The Kier molecular flexibility index (Phi) is 6.45. The van der Waals surface area contributed by atoms with E-state index in [1.165, 1.54) is 0 Å². The molecule has 1 heterocycles. The number of benzene rings is 2. The predicted molar refractivity (Wildman–Crippen MR) is 117 cm³/mol. The lowest BCUT2D eigenvalue weighted by molar-refractivity contribution is -0.123. The molecule has 0 spiro atoms. The lowest BCUT2D eigenvalue weighted by Gasteiger charge is -2.30. The first-order valence-corrected chi connectivity index (χ1v) is 9.97. The summed E-state index contributed by atoms with van der Waals surface area (Å²) in [6.45, 7) is 8.30. The van der Waals surface area contributed by atoms with Crippen LogP contribution in [0.4, 0.5) is 17.1 Å². The highest BCUT2D eigenvalue weighted by molar-refractivity contribution is 6.31. The van der Waals surface area contributed by atoms with Gasteiger partial charge in [-0.25, -0.2) is 0 Å². The van der Waals surface area contributed by atoms with E-state index in [0.717, 1.165) is 18.8 Å². The minimum absolute atomic E-state index is 0.112. The average Bonchev–Trinajstić information content (AvgIpc) is 2.68. The normalized spacial score (nSPS) is 14.4. The molecule has 2 N–H and O–H groups in total. The summed E-state index contributed by atoms with van der Waals surface area (Å²) < 4.78 is 5.41. The molecule has 0 radical (unpaired) electrons. The average molecular weight is 416 g/mol. The number of ether oxygens (including phenoxy) is 1. The number of carbonyl (C=O) groups is 2. The van der Waals surface area contributed by atoms with Crippen LogP contribution in [0.25, 0.3) is 0 Å². The van der Waals surface area contributed by atoms with Gasteiger partial charge in [-0.2, -0.15) is 0 Å². The maximum atomic E-state index is 12.9. The van der Waals surface area contributed by atoms with Gasteiger partial charge >= 0.3 is 0 Å². The lowest BCUT2D eigenvalue weighted by atomic mass is 9.95. The minimum Gasteiger partial charge on any atom is -0.378 e. The summed E-state index contributed by atoms with van der Waals surface area (Å²) >= 11 is 6.17. The largest absolute Gasteiger partial charge is 0.378 e. The number of rotatable bonds is 4. The maximum Gasteiger partial charge on any atom is 0.255 e. The molecule has 2 aromatic carbocycles. The summed E-state index contributed by atoms with van der Waals surface area (Å²) in [5.41, 5.74) is 2.06. The molecule has 0 bridgehead atoms. The van der Waals surface area contributed by atoms with Crippen molar-refractivity contribution >= 4 is 40.5 Å². The van der Waals surface area contributed by atoms with Gasteiger partial charge in [0.05, 0.1) is 24.6 Å². The van der Waals surface area contributed by atoms with E-state index in [1.54, 1.807) is 30.3 Å². The van der Waals surface area contributed by atoms with Gasteiger partial charge in [0, 0.05) is 34.8 Å². The molecule has 1 fully saturated rings. The molecule has 0 saturated carbocycles. The van der Waals surface area contributed by atoms with E-state index >= 15 is 0 Å². The first kappa shape index (κ1) is 21.1. The van der Waals surface area contributed by atoms with Crippen molar-refractivity contribution in [2.75, 3.05) is 41.8 Å². The first-order valence-electron chi connectivity index (χ1n) is 9.59. The van der Waals surface area contributed by atoms with Crippen LogP contribution in [0, 0.1) is 5.41 Å². The molecule has 0 atom stereocenters. The molecule has 1 aliphatic heterocycles. The standard InChI is InChI=1S/C22H26ClN3O3/c1-22(2,3)21(28)24-17-6-4-5-15(13-17)20(27)25-18-14-16(23)7-8-19(18)26-9-11-29-12-10-26/h4-8,13-14H,9-12H2,1-3H3,(H,24,28)(H,25,27). The third kappa shape index (κ3) is 5.49. The molecule has 7 heteroatoms. The Morgan fingerprint density at radius 1 is 1.03 bits per heavy atom. The fourth-order valence-electron chi connectivity index (χ4n) is 2.94. The van der Waals surface area contributed by atoms with E-state index in [4.69, 9.17) is 16.3 Å². The van der Waals surface area contributed by atoms with Gasteiger partial charge in [-0.1, -0.05) is 38.4 Å². The van der Waals surface area contributed by atoms with Gasteiger partial charge in [0.25, 0.3) is 5.91 Å². The second-order valence-corrected chi connectivity index (χ2v) is 8.44. The third-order valence-electron chi connectivity index (χ3n) is 4.62. The maximum absolute atomic E-state index is 12.9. The molecule has 1 aliphatic rings. The summed E-state index contributed by atoms with van der Waals surface area (Å²) in [5.74, 6) is -0.381. The monoisotopic (exact) mass is 415 g/mol. The van der Waals surface area contributed by atoms with Crippen molar-refractivity contribution in [2.45, 2.75) is 20.8 Å². The van der Waals surface area contributed by atoms with Crippen LogP contribution in [-0.4, -0.2) is 38.1 Å². The van der Waals surface area contributed by atoms with Crippen molar-refractivity contribution in [3.63, 3.8) is 0 Å². The third-order valence-corrected chi connectivity index (χ3v) is 4.86. The number of hydrogen-bond acceptors (Lipinski definition) is 4. The number of anilines is 3. The summed E-state index contributed by atoms with van der Waals surface area (Å²) in [7, 11) is 0. The number of nitrogens with zero attached hydrogens (tertiary/aromatic N) is 1. The highest BCUT2D eigenvalue weighted by Crippen LogP contribution is 2.30. The molecule has 1 saturated heterocycles. The molecule has 154 valence electrons. The Bertz CT molecular complexity index is 902. The highest BCUT2D eigenvalue weighted by atomic mass is 35.5. The van der Waals surface area contributed by atoms with Gasteiger partial charge in [-0.3, -0.25) is 9.59 Å². The molecule has 0 unspecified atom stereocenters. The quantitative estimate of drug-likeness (QED) is 0.775. The summed E-state index contributed by atoms with van der Waals surface area (Å²) in [6.07, 6.45) is 0. The van der Waals surface area contributed by atoms with E-state index in [-0.39, 0.29) is 11.8 Å². The molecule has 0 aliphatic carbocycles. The van der Waals surface area contributed by atoms with Crippen LogP contribution >= 0.6 is 11.6 Å². The van der Waals surface area contributed by atoms with Crippen molar-refractivity contribution in [3.8, 4) is 0 Å². The Labute approximate surface area is 176 Å². The van der Waals surface area contributed by atoms with Crippen LogP contribution in [0.3, 0.4) is 0 Å². The molecule has 3 rings (SSSR count). The Morgan fingerprint density at radius 2 is 1.76 bits per heavy atom. The Morgan fingerprint density at radius 3 is 2.45 bits per heavy atom. The number of hydrogen-bond donors (Lipinski definition) is 2. The molecule has 0 aromatic heterocycles. The Balaban J connectivity index is 1.79.